The van der Waals surface area contributed by atoms with Gasteiger partial charge < -0.3 is 9.32 Å². The molecule has 0 aliphatic carbocycles. The molecule has 0 fully saturated rings. The first-order chi connectivity index (χ1) is 13.0. The molecule has 0 bridgehead atoms. The molecule has 1 amide bonds. The number of rotatable bonds is 7. The standard InChI is InChI=1S/C19H22N4O2S2/c1-5-23(6-2)18(24)16(14-10-8-7-9-11-14)27-19-22-21-17(25-19)15-12(3)20-13(4)26-15/h7-11,16H,5-6H2,1-4H3. The Morgan fingerprint density at radius 1 is 1.19 bits per heavy atom. The Labute approximate surface area is 167 Å². The van der Waals surface area contributed by atoms with E-state index >= 15 is 0 Å². The van der Waals surface area contributed by atoms with Crippen LogP contribution in [0.25, 0.3) is 10.8 Å². The van der Waals surface area contributed by atoms with Crippen LogP contribution in [0.15, 0.2) is 40.0 Å². The van der Waals surface area contributed by atoms with Crippen molar-refractivity contribution in [3.8, 4) is 10.8 Å². The smallest absolute Gasteiger partial charge is 0.278 e. The Kier molecular flexibility index (Phi) is 6.28. The van der Waals surface area contributed by atoms with Gasteiger partial charge in [0.1, 0.15) is 10.1 Å². The van der Waals surface area contributed by atoms with Gasteiger partial charge in [0.05, 0.1) is 10.7 Å². The van der Waals surface area contributed by atoms with Gasteiger partial charge in [-0.3, -0.25) is 4.79 Å². The van der Waals surface area contributed by atoms with Crippen molar-refractivity contribution < 1.29 is 9.21 Å². The number of hydrogen-bond donors (Lipinski definition) is 0. The van der Waals surface area contributed by atoms with Gasteiger partial charge >= 0.3 is 0 Å². The summed E-state index contributed by atoms with van der Waals surface area (Å²) in [5.74, 6) is 0.489. The summed E-state index contributed by atoms with van der Waals surface area (Å²) in [6.45, 7) is 9.15. The highest BCUT2D eigenvalue weighted by Gasteiger charge is 2.28. The fraction of sp³-hybridized carbons (Fsp3) is 0.368. The Balaban J connectivity index is 1.89. The van der Waals surface area contributed by atoms with Crippen molar-refractivity contribution in [2.45, 2.75) is 38.2 Å². The largest absolute Gasteiger partial charge is 0.410 e. The van der Waals surface area contributed by atoms with Crippen LogP contribution in [0.2, 0.25) is 0 Å². The molecule has 1 aromatic carbocycles. The lowest BCUT2D eigenvalue weighted by atomic mass is 10.1. The Morgan fingerprint density at radius 3 is 2.48 bits per heavy atom. The molecule has 0 spiro atoms. The third kappa shape index (κ3) is 4.39. The molecule has 0 aliphatic rings. The highest BCUT2D eigenvalue weighted by molar-refractivity contribution is 8.00. The van der Waals surface area contributed by atoms with Gasteiger partial charge in [-0.25, -0.2) is 4.98 Å². The van der Waals surface area contributed by atoms with Crippen LogP contribution >= 0.6 is 23.1 Å². The predicted octanol–water partition coefficient (Wildman–Crippen LogP) is 4.51. The molecule has 0 saturated carbocycles. The average Bonchev–Trinajstić information content (AvgIpc) is 3.27. The predicted molar refractivity (Wildman–Crippen MR) is 108 cm³/mol. The minimum Gasteiger partial charge on any atom is -0.410 e. The molecular formula is C19H22N4O2S2. The SMILES string of the molecule is CCN(CC)C(=O)C(Sc1nnc(-c2sc(C)nc2C)o1)c1ccccc1. The summed E-state index contributed by atoms with van der Waals surface area (Å²) >= 11 is 2.81. The number of hydrogen-bond acceptors (Lipinski definition) is 7. The topological polar surface area (TPSA) is 72.1 Å². The Hall–Kier alpha value is -2.19. The van der Waals surface area contributed by atoms with Crippen molar-refractivity contribution in [3.63, 3.8) is 0 Å². The number of benzene rings is 1. The summed E-state index contributed by atoms with van der Waals surface area (Å²) in [4.78, 5) is 20.1. The third-order valence-corrected chi connectivity index (χ3v) is 6.26. The van der Waals surface area contributed by atoms with Crippen LogP contribution < -0.4 is 0 Å². The highest BCUT2D eigenvalue weighted by Crippen LogP contribution is 2.38. The van der Waals surface area contributed by atoms with Gasteiger partial charge in [0, 0.05) is 13.1 Å². The van der Waals surface area contributed by atoms with E-state index in [9.17, 15) is 4.79 Å². The van der Waals surface area contributed by atoms with E-state index in [4.69, 9.17) is 4.42 Å². The van der Waals surface area contributed by atoms with E-state index < -0.39 is 5.25 Å². The second-order valence-electron chi connectivity index (χ2n) is 5.94. The van der Waals surface area contributed by atoms with E-state index in [1.54, 1.807) is 0 Å². The first-order valence-corrected chi connectivity index (χ1v) is 10.5. The molecule has 0 N–H and O–H groups in total. The molecule has 1 unspecified atom stereocenters. The molecule has 0 saturated heterocycles. The van der Waals surface area contributed by atoms with Gasteiger partial charge in [0.25, 0.3) is 11.1 Å². The van der Waals surface area contributed by atoms with E-state index in [1.807, 2.05) is 62.9 Å². The van der Waals surface area contributed by atoms with Gasteiger partial charge in [-0.2, -0.15) is 0 Å². The number of nitrogens with zero attached hydrogens (tertiary/aromatic N) is 4. The average molecular weight is 403 g/mol. The summed E-state index contributed by atoms with van der Waals surface area (Å²) in [6.07, 6.45) is 0. The summed E-state index contributed by atoms with van der Waals surface area (Å²) < 4.78 is 5.85. The van der Waals surface area contributed by atoms with Gasteiger partial charge in [0.2, 0.25) is 5.91 Å². The van der Waals surface area contributed by atoms with E-state index in [2.05, 4.69) is 15.2 Å². The van der Waals surface area contributed by atoms with Crippen LogP contribution in [0.4, 0.5) is 0 Å². The van der Waals surface area contributed by atoms with Gasteiger partial charge in [-0.05, 0) is 45.0 Å². The molecule has 142 valence electrons. The van der Waals surface area contributed by atoms with E-state index in [-0.39, 0.29) is 5.91 Å². The maximum Gasteiger partial charge on any atom is 0.278 e. The normalized spacial score (nSPS) is 12.1. The number of likely N-dealkylation sites (N-methyl/N-ethyl adjacent to an activating group) is 1. The summed E-state index contributed by atoms with van der Waals surface area (Å²) in [5.41, 5.74) is 1.79. The van der Waals surface area contributed by atoms with Crippen molar-refractivity contribution in [2.75, 3.05) is 13.1 Å². The van der Waals surface area contributed by atoms with Gasteiger partial charge in [-0.1, -0.05) is 30.3 Å². The first kappa shape index (κ1) is 19.6. The Morgan fingerprint density at radius 2 is 1.89 bits per heavy atom. The van der Waals surface area contributed by atoms with E-state index in [0.717, 1.165) is 21.1 Å². The zero-order chi connectivity index (χ0) is 19.4. The van der Waals surface area contributed by atoms with Crippen LogP contribution in [-0.4, -0.2) is 39.1 Å². The van der Waals surface area contributed by atoms with Crippen LogP contribution in [0.5, 0.6) is 0 Å². The number of thioether (sulfide) groups is 1. The fourth-order valence-corrected chi connectivity index (χ4v) is 4.57. The molecule has 0 radical (unpaired) electrons. The zero-order valence-corrected chi connectivity index (χ0v) is 17.4. The summed E-state index contributed by atoms with van der Waals surface area (Å²) in [5, 5.41) is 9.22. The lowest BCUT2D eigenvalue weighted by Crippen LogP contribution is -2.33. The van der Waals surface area contributed by atoms with Crippen LogP contribution in [0.1, 0.15) is 35.4 Å². The number of carbonyl (C=O) groups is 1. The number of thiazole rings is 1. The van der Waals surface area contributed by atoms with Crippen molar-refractivity contribution in [1.82, 2.24) is 20.1 Å². The number of aromatic nitrogens is 3. The van der Waals surface area contributed by atoms with Crippen molar-refractivity contribution >= 4 is 29.0 Å². The molecule has 6 nitrogen and oxygen atoms in total. The molecule has 8 heteroatoms. The fourth-order valence-electron chi connectivity index (χ4n) is 2.77. The van der Waals surface area contributed by atoms with Crippen molar-refractivity contribution in [3.05, 3.63) is 46.6 Å². The lowest BCUT2D eigenvalue weighted by Gasteiger charge is -2.24. The molecule has 3 aromatic rings. The molecule has 0 aliphatic heterocycles. The molecule has 1 atom stereocenters. The molecule has 2 heterocycles. The summed E-state index contributed by atoms with van der Waals surface area (Å²) in [7, 11) is 0. The lowest BCUT2D eigenvalue weighted by molar-refractivity contribution is -0.130. The molecule has 3 rings (SSSR count). The van der Waals surface area contributed by atoms with Gasteiger partial charge in [-0.15, -0.1) is 21.5 Å². The first-order valence-electron chi connectivity index (χ1n) is 8.81. The highest BCUT2D eigenvalue weighted by atomic mass is 32.2. The summed E-state index contributed by atoms with van der Waals surface area (Å²) in [6, 6.07) is 9.70. The second kappa shape index (κ2) is 8.67. The minimum atomic E-state index is -0.427. The second-order valence-corrected chi connectivity index (χ2v) is 8.20. The number of aryl methyl sites for hydroxylation is 2. The Bertz CT molecular complexity index is 904. The maximum atomic E-state index is 13.1. The van der Waals surface area contributed by atoms with Crippen molar-refractivity contribution in [2.24, 2.45) is 0 Å². The van der Waals surface area contributed by atoms with Crippen LogP contribution in [0.3, 0.4) is 0 Å². The zero-order valence-electron chi connectivity index (χ0n) is 15.8. The third-order valence-electron chi connectivity index (χ3n) is 4.12. The monoisotopic (exact) mass is 402 g/mol. The van der Waals surface area contributed by atoms with Crippen LogP contribution in [0, 0.1) is 13.8 Å². The van der Waals surface area contributed by atoms with E-state index in [0.29, 0.717) is 24.2 Å². The van der Waals surface area contributed by atoms with Crippen molar-refractivity contribution in [1.29, 1.82) is 0 Å². The van der Waals surface area contributed by atoms with E-state index in [1.165, 1.54) is 23.1 Å². The quantitative estimate of drug-likeness (QED) is 0.541. The number of amides is 1. The van der Waals surface area contributed by atoms with Gasteiger partial charge in [0.15, 0.2) is 0 Å². The number of carbonyl (C=O) groups excluding carboxylic acids is 1. The minimum absolute atomic E-state index is 0.0424. The molecule has 27 heavy (non-hydrogen) atoms. The van der Waals surface area contributed by atoms with Crippen LogP contribution in [-0.2, 0) is 4.79 Å². The molecular weight excluding hydrogens is 380 g/mol. The molecule has 2 aromatic heterocycles. The maximum absolute atomic E-state index is 13.1.